The molecule has 0 bridgehead atoms. The van der Waals surface area contributed by atoms with Crippen molar-refractivity contribution in [3.05, 3.63) is 48.4 Å². The van der Waals surface area contributed by atoms with Gasteiger partial charge in [-0.15, -0.1) is 0 Å². The van der Waals surface area contributed by atoms with Crippen LogP contribution in [0.3, 0.4) is 0 Å². The molecule has 5 nitrogen and oxygen atoms in total. The molecule has 0 atom stereocenters. The summed E-state index contributed by atoms with van der Waals surface area (Å²) in [5, 5.41) is 5.66. The Kier molecular flexibility index (Phi) is 7.39. The standard InChI is InChI=1S/C17H22N2O3S/c1-2-21-16-9-4-3-8-15(16)19-17(20)18-10-6-12-23-13-14-7-5-11-22-14/h3-5,7-9,11H,2,6,10,12-13H2,1H3,(H2,18,19,20). The van der Waals surface area contributed by atoms with Gasteiger partial charge < -0.3 is 19.8 Å². The highest BCUT2D eigenvalue weighted by Crippen LogP contribution is 2.23. The van der Waals surface area contributed by atoms with Crippen molar-refractivity contribution in [2.45, 2.75) is 19.1 Å². The van der Waals surface area contributed by atoms with E-state index in [0.29, 0.717) is 24.6 Å². The first kappa shape index (κ1) is 17.3. The number of anilines is 1. The molecule has 0 saturated heterocycles. The third-order valence-corrected chi connectivity index (χ3v) is 4.08. The fourth-order valence-electron chi connectivity index (χ4n) is 1.96. The highest BCUT2D eigenvalue weighted by Gasteiger charge is 2.06. The number of para-hydroxylation sites is 2. The van der Waals surface area contributed by atoms with Gasteiger partial charge in [-0.2, -0.15) is 11.8 Å². The molecule has 2 amide bonds. The van der Waals surface area contributed by atoms with Crippen LogP contribution in [0.2, 0.25) is 0 Å². The second-order valence-corrected chi connectivity index (χ2v) is 5.90. The fourth-order valence-corrected chi connectivity index (χ4v) is 2.82. The van der Waals surface area contributed by atoms with Crippen LogP contribution in [0.25, 0.3) is 0 Å². The molecule has 124 valence electrons. The van der Waals surface area contributed by atoms with Crippen molar-refractivity contribution < 1.29 is 13.9 Å². The molecule has 0 aliphatic carbocycles. The van der Waals surface area contributed by atoms with Gasteiger partial charge in [-0.3, -0.25) is 0 Å². The molecule has 2 N–H and O–H groups in total. The number of amides is 2. The molecule has 2 rings (SSSR count). The maximum absolute atomic E-state index is 11.9. The van der Waals surface area contributed by atoms with E-state index < -0.39 is 0 Å². The van der Waals surface area contributed by atoms with Gasteiger partial charge in [0.1, 0.15) is 11.5 Å². The van der Waals surface area contributed by atoms with E-state index in [9.17, 15) is 4.79 Å². The molecule has 0 spiro atoms. The summed E-state index contributed by atoms with van der Waals surface area (Å²) < 4.78 is 10.7. The normalized spacial score (nSPS) is 10.3. The zero-order valence-electron chi connectivity index (χ0n) is 13.2. The van der Waals surface area contributed by atoms with E-state index in [1.54, 1.807) is 18.0 Å². The molecule has 2 aromatic rings. The molecule has 6 heteroatoms. The highest BCUT2D eigenvalue weighted by molar-refractivity contribution is 7.98. The monoisotopic (exact) mass is 334 g/mol. The Morgan fingerprint density at radius 2 is 2.13 bits per heavy atom. The first-order valence-electron chi connectivity index (χ1n) is 7.66. The van der Waals surface area contributed by atoms with Gasteiger partial charge in [0.25, 0.3) is 0 Å². The second-order valence-electron chi connectivity index (χ2n) is 4.80. The van der Waals surface area contributed by atoms with Gasteiger partial charge in [0.15, 0.2) is 0 Å². The van der Waals surface area contributed by atoms with Gasteiger partial charge in [0.05, 0.1) is 24.3 Å². The molecule has 0 unspecified atom stereocenters. The van der Waals surface area contributed by atoms with Gasteiger partial charge in [-0.25, -0.2) is 4.79 Å². The molecule has 0 fully saturated rings. The number of furan rings is 1. The van der Waals surface area contributed by atoms with Crippen LogP contribution in [-0.2, 0) is 5.75 Å². The molecule has 1 aromatic heterocycles. The molecule has 0 saturated carbocycles. The van der Waals surface area contributed by atoms with Crippen LogP contribution < -0.4 is 15.4 Å². The van der Waals surface area contributed by atoms with Crippen LogP contribution in [0, 0.1) is 0 Å². The Morgan fingerprint density at radius 3 is 2.91 bits per heavy atom. The van der Waals surface area contributed by atoms with Crippen molar-refractivity contribution in [2.75, 3.05) is 24.2 Å². The minimum Gasteiger partial charge on any atom is -0.492 e. The average Bonchev–Trinajstić information content (AvgIpc) is 3.06. The Morgan fingerprint density at radius 1 is 1.26 bits per heavy atom. The third kappa shape index (κ3) is 6.28. The minimum atomic E-state index is -0.215. The Balaban J connectivity index is 1.61. The largest absolute Gasteiger partial charge is 0.492 e. The van der Waals surface area contributed by atoms with Gasteiger partial charge in [0.2, 0.25) is 0 Å². The number of hydrogen-bond acceptors (Lipinski definition) is 4. The van der Waals surface area contributed by atoms with Crippen LogP contribution in [0.4, 0.5) is 10.5 Å². The Labute approximate surface area is 140 Å². The molecule has 1 heterocycles. The number of benzene rings is 1. The summed E-state index contributed by atoms with van der Waals surface area (Å²) in [6.07, 6.45) is 2.59. The lowest BCUT2D eigenvalue weighted by Crippen LogP contribution is -2.30. The topological polar surface area (TPSA) is 63.5 Å². The lowest BCUT2D eigenvalue weighted by atomic mass is 10.3. The molecule has 1 aromatic carbocycles. The van der Waals surface area contributed by atoms with Crippen LogP contribution in [0.1, 0.15) is 19.1 Å². The van der Waals surface area contributed by atoms with Crippen molar-refractivity contribution in [1.29, 1.82) is 0 Å². The third-order valence-electron chi connectivity index (χ3n) is 3.01. The van der Waals surface area contributed by atoms with Crippen LogP contribution in [-0.4, -0.2) is 24.9 Å². The summed E-state index contributed by atoms with van der Waals surface area (Å²) in [6.45, 7) is 3.11. The predicted molar refractivity (Wildman–Crippen MR) is 94.1 cm³/mol. The van der Waals surface area contributed by atoms with Gasteiger partial charge in [0, 0.05) is 6.54 Å². The number of ether oxygens (including phenoxy) is 1. The van der Waals surface area contributed by atoms with Gasteiger partial charge >= 0.3 is 6.03 Å². The summed E-state index contributed by atoms with van der Waals surface area (Å²) in [5.41, 5.74) is 0.680. The molecule has 0 aliphatic heterocycles. The molecule has 23 heavy (non-hydrogen) atoms. The maximum Gasteiger partial charge on any atom is 0.319 e. The summed E-state index contributed by atoms with van der Waals surface area (Å²) in [4.78, 5) is 11.9. The summed E-state index contributed by atoms with van der Waals surface area (Å²) in [5.74, 6) is 3.49. The zero-order chi connectivity index (χ0) is 16.3. The number of carbonyl (C=O) groups excluding carboxylic acids is 1. The fraction of sp³-hybridized carbons (Fsp3) is 0.353. The van der Waals surface area contributed by atoms with Crippen LogP contribution >= 0.6 is 11.8 Å². The van der Waals surface area contributed by atoms with E-state index in [2.05, 4.69) is 10.6 Å². The van der Waals surface area contributed by atoms with E-state index in [1.807, 2.05) is 43.3 Å². The van der Waals surface area contributed by atoms with E-state index in [0.717, 1.165) is 23.7 Å². The quantitative estimate of drug-likeness (QED) is 0.677. The molecule has 0 aliphatic rings. The van der Waals surface area contributed by atoms with Gasteiger partial charge in [-0.05, 0) is 43.4 Å². The van der Waals surface area contributed by atoms with E-state index >= 15 is 0 Å². The average molecular weight is 334 g/mol. The van der Waals surface area contributed by atoms with Crippen molar-refractivity contribution in [1.82, 2.24) is 5.32 Å². The van der Waals surface area contributed by atoms with Crippen molar-refractivity contribution in [3.63, 3.8) is 0 Å². The van der Waals surface area contributed by atoms with Gasteiger partial charge in [-0.1, -0.05) is 12.1 Å². The smallest absolute Gasteiger partial charge is 0.319 e. The van der Waals surface area contributed by atoms with Crippen molar-refractivity contribution in [3.8, 4) is 5.75 Å². The summed E-state index contributed by atoms with van der Waals surface area (Å²) in [7, 11) is 0. The maximum atomic E-state index is 11.9. The summed E-state index contributed by atoms with van der Waals surface area (Å²) in [6, 6.07) is 11.0. The summed E-state index contributed by atoms with van der Waals surface area (Å²) >= 11 is 1.79. The molecular weight excluding hydrogens is 312 g/mol. The van der Waals surface area contributed by atoms with Crippen molar-refractivity contribution in [2.24, 2.45) is 0 Å². The predicted octanol–water partition coefficient (Wildman–Crippen LogP) is 4.12. The number of rotatable bonds is 9. The first-order chi connectivity index (χ1) is 11.3. The van der Waals surface area contributed by atoms with E-state index in [-0.39, 0.29) is 6.03 Å². The number of carbonyl (C=O) groups is 1. The van der Waals surface area contributed by atoms with E-state index in [4.69, 9.17) is 9.15 Å². The first-order valence-corrected chi connectivity index (χ1v) is 8.82. The number of hydrogen-bond donors (Lipinski definition) is 2. The number of urea groups is 1. The molecular formula is C17H22N2O3S. The number of nitrogens with one attached hydrogen (secondary N) is 2. The SMILES string of the molecule is CCOc1ccccc1NC(=O)NCCCSCc1ccco1. The minimum absolute atomic E-state index is 0.215. The Bertz CT molecular complexity index is 587. The van der Waals surface area contributed by atoms with E-state index in [1.165, 1.54) is 0 Å². The zero-order valence-corrected chi connectivity index (χ0v) is 14.0. The molecule has 0 radical (unpaired) electrons. The van der Waals surface area contributed by atoms with Crippen molar-refractivity contribution >= 4 is 23.5 Å². The van der Waals surface area contributed by atoms with Crippen LogP contribution in [0.5, 0.6) is 5.75 Å². The second kappa shape index (κ2) is 9.84. The lowest BCUT2D eigenvalue weighted by molar-refractivity contribution is 0.252. The lowest BCUT2D eigenvalue weighted by Gasteiger charge is -2.12. The number of thioether (sulfide) groups is 1. The van der Waals surface area contributed by atoms with Crippen LogP contribution in [0.15, 0.2) is 47.1 Å². The Hall–Kier alpha value is -2.08. The highest BCUT2D eigenvalue weighted by atomic mass is 32.2.